The molecule has 0 aromatic heterocycles. The van der Waals surface area contributed by atoms with Crippen LogP contribution < -0.4 is 31.7 Å². The number of halogens is 3. The topological polar surface area (TPSA) is 6.48 Å². The van der Waals surface area contributed by atoms with Crippen LogP contribution in [-0.2, 0) is 11.6 Å². The first-order chi connectivity index (χ1) is 32.1. The Balaban J connectivity index is 1.49. The first kappa shape index (κ1) is 45.0. The minimum Gasteiger partial charge on any atom is -0.338 e. The lowest BCUT2D eigenvalue weighted by atomic mass is 9.35. The Hall–Kier alpha value is -5.85. The van der Waals surface area contributed by atoms with Crippen LogP contribution >= 0.6 is 11.8 Å². The second kappa shape index (κ2) is 17.0. The highest BCUT2D eigenvalue weighted by molar-refractivity contribution is 8.00. The zero-order valence-electron chi connectivity index (χ0n) is 39.9. The number of anilines is 4. The number of hydrogen-bond donors (Lipinski definition) is 0. The SMILES string of the molecule is CB1c2cc(C(C)(C)C)ccc2N2c3c4c(c(-c5c(-c6ccccc6)cccc5-c5ccccc5)c(N(c5ccccc5C(F)(F)F)C(C)C)c31)Sc1ccccc1B4C=CC2[C@H](C)C(C)C. The van der Waals surface area contributed by atoms with Crippen LogP contribution in [0.25, 0.3) is 33.4 Å². The first-order valence-electron chi connectivity index (χ1n) is 23.9. The fourth-order valence-electron chi connectivity index (χ4n) is 11.0. The minimum atomic E-state index is -4.61. The quantitative estimate of drug-likeness (QED) is 0.140. The number of benzene rings is 7. The Morgan fingerprint density at radius 2 is 1.27 bits per heavy atom. The highest BCUT2D eigenvalue weighted by atomic mass is 32.2. The number of fused-ring (bicyclic) bond motifs is 4. The second-order valence-electron chi connectivity index (χ2n) is 20.4. The largest absolute Gasteiger partial charge is 0.418 e. The Labute approximate surface area is 400 Å². The summed E-state index contributed by atoms with van der Waals surface area (Å²) in [5.74, 6) is 3.03. The monoisotopic (exact) mass is 904 g/mol. The van der Waals surface area contributed by atoms with Crippen LogP contribution in [0.5, 0.6) is 0 Å². The van der Waals surface area contributed by atoms with Crippen molar-refractivity contribution in [1.82, 2.24) is 0 Å². The molecule has 0 spiro atoms. The average molecular weight is 905 g/mol. The van der Waals surface area contributed by atoms with Gasteiger partial charge in [-0.1, -0.05) is 198 Å². The smallest absolute Gasteiger partial charge is 0.338 e. The summed E-state index contributed by atoms with van der Waals surface area (Å²) in [6, 6.07) is 49.1. The van der Waals surface area contributed by atoms with Crippen LogP contribution in [0.15, 0.2) is 167 Å². The molecule has 0 radical (unpaired) electrons. The van der Waals surface area contributed by atoms with Gasteiger partial charge in [-0.2, -0.15) is 13.2 Å². The van der Waals surface area contributed by atoms with Crippen molar-refractivity contribution in [3.63, 3.8) is 0 Å². The summed E-state index contributed by atoms with van der Waals surface area (Å²) in [7, 11) is 0. The van der Waals surface area contributed by atoms with Gasteiger partial charge in [0.2, 0.25) is 13.4 Å². The standard InChI is InChI=1S/C59H57B2F3N2S/c1-36(2)38(5)47-33-34-61-45-28-17-19-30-50(45)67-57-52(51-42(39-21-12-10-13-22-39)25-20-26-43(51)40-23-14-11-15-24-40)55(65(37(3)4)48-29-18-16-27-44(48)59(62,63)64)53-56(54(57)61)66(47)49-32-31-41(58(6,7)8)35-46(49)60(53)9/h10-38,47H,1-9H3/t38-,47?/m1/s1. The zero-order chi connectivity index (χ0) is 47.1. The molecule has 0 N–H and O–H groups in total. The summed E-state index contributed by atoms with van der Waals surface area (Å²) < 4.78 is 47.2. The number of nitrogens with zero attached hydrogens (tertiary/aromatic N) is 2. The second-order valence-corrected chi connectivity index (χ2v) is 21.4. The lowest BCUT2D eigenvalue weighted by molar-refractivity contribution is -0.137. The zero-order valence-corrected chi connectivity index (χ0v) is 40.7. The highest BCUT2D eigenvalue weighted by Gasteiger charge is 2.48. The van der Waals surface area contributed by atoms with E-state index in [4.69, 9.17) is 0 Å². The Morgan fingerprint density at radius 3 is 1.88 bits per heavy atom. The molecule has 2 nitrogen and oxygen atoms in total. The Bertz CT molecular complexity index is 2990. The third-order valence-electron chi connectivity index (χ3n) is 14.6. The van der Waals surface area contributed by atoms with Gasteiger partial charge in [0, 0.05) is 44.0 Å². The van der Waals surface area contributed by atoms with Crippen molar-refractivity contribution < 1.29 is 13.2 Å². The van der Waals surface area contributed by atoms with Gasteiger partial charge >= 0.3 is 6.18 Å². The molecule has 1 unspecified atom stereocenters. The predicted octanol–water partition coefficient (Wildman–Crippen LogP) is 14.1. The molecule has 0 saturated carbocycles. The van der Waals surface area contributed by atoms with Crippen molar-refractivity contribution in [3.05, 3.63) is 169 Å². The molecule has 8 heteroatoms. The third-order valence-corrected chi connectivity index (χ3v) is 15.9. The summed E-state index contributed by atoms with van der Waals surface area (Å²) in [5.41, 5.74) is 14.6. The van der Waals surface area contributed by atoms with Crippen LogP contribution in [0.2, 0.25) is 6.82 Å². The maximum Gasteiger partial charge on any atom is 0.418 e. The lowest BCUT2D eigenvalue weighted by Crippen LogP contribution is -2.59. The number of hydrogen-bond acceptors (Lipinski definition) is 3. The first-order valence-corrected chi connectivity index (χ1v) is 24.7. The van der Waals surface area contributed by atoms with E-state index in [0.29, 0.717) is 5.92 Å². The summed E-state index contributed by atoms with van der Waals surface area (Å²) in [6.45, 7) is 19.8. The van der Waals surface area contributed by atoms with Crippen molar-refractivity contribution in [2.45, 2.75) is 95.7 Å². The maximum absolute atomic E-state index is 15.7. The van der Waals surface area contributed by atoms with Gasteiger partial charge in [0.05, 0.1) is 17.3 Å². The van der Waals surface area contributed by atoms with Gasteiger partial charge in [0.25, 0.3) is 0 Å². The van der Waals surface area contributed by atoms with E-state index in [1.54, 1.807) is 23.9 Å². The molecule has 0 bridgehead atoms. The molecule has 3 aliphatic heterocycles. The van der Waals surface area contributed by atoms with Gasteiger partial charge in [0.1, 0.15) is 0 Å². The van der Waals surface area contributed by atoms with E-state index >= 15 is 13.2 Å². The average Bonchev–Trinajstić information content (AvgIpc) is 3.49. The van der Waals surface area contributed by atoms with E-state index in [-0.39, 0.29) is 42.5 Å². The third kappa shape index (κ3) is 7.55. The fraction of sp³-hybridized carbons (Fsp3) is 0.254. The van der Waals surface area contributed by atoms with Crippen molar-refractivity contribution >= 4 is 69.8 Å². The Kier molecular flexibility index (Phi) is 11.4. The van der Waals surface area contributed by atoms with Gasteiger partial charge < -0.3 is 9.80 Å². The molecular formula is C59H57B2F3N2S. The number of rotatable bonds is 8. The molecular weight excluding hydrogens is 847 g/mol. The van der Waals surface area contributed by atoms with Crippen LogP contribution in [0.3, 0.4) is 0 Å². The summed E-state index contributed by atoms with van der Waals surface area (Å²) in [5, 5.41) is 0. The number of alkyl halides is 3. The van der Waals surface area contributed by atoms with Crippen molar-refractivity contribution in [2.24, 2.45) is 11.8 Å². The minimum absolute atomic E-state index is 0.0394. The summed E-state index contributed by atoms with van der Waals surface area (Å²) in [4.78, 5) is 6.92. The van der Waals surface area contributed by atoms with Gasteiger partial charge in [0.15, 0.2) is 0 Å². The van der Waals surface area contributed by atoms with Crippen molar-refractivity contribution in [2.75, 3.05) is 9.80 Å². The summed E-state index contributed by atoms with van der Waals surface area (Å²) >= 11 is 1.78. The normalized spacial score (nSPS) is 15.6. The Morgan fingerprint density at radius 1 is 0.657 bits per heavy atom. The van der Waals surface area contributed by atoms with Crippen molar-refractivity contribution in [1.29, 1.82) is 0 Å². The van der Waals surface area contributed by atoms with Crippen LogP contribution in [0.1, 0.15) is 66.5 Å². The van der Waals surface area contributed by atoms with Gasteiger partial charge in [-0.25, -0.2) is 0 Å². The molecule has 2 atom stereocenters. The lowest BCUT2D eigenvalue weighted by Gasteiger charge is -2.48. The molecule has 3 aliphatic rings. The molecule has 7 aromatic carbocycles. The van der Waals surface area contributed by atoms with E-state index in [0.717, 1.165) is 60.0 Å². The predicted molar refractivity (Wildman–Crippen MR) is 282 cm³/mol. The van der Waals surface area contributed by atoms with E-state index in [1.807, 2.05) is 12.1 Å². The molecule has 67 heavy (non-hydrogen) atoms. The van der Waals surface area contributed by atoms with Crippen LogP contribution in [0.4, 0.5) is 35.9 Å². The molecule has 0 amide bonds. The van der Waals surface area contributed by atoms with E-state index in [2.05, 4.69) is 193 Å². The number of para-hydroxylation sites is 1. The van der Waals surface area contributed by atoms with E-state index in [9.17, 15) is 0 Å². The van der Waals surface area contributed by atoms with E-state index < -0.39 is 11.7 Å². The highest BCUT2D eigenvalue weighted by Crippen LogP contribution is 2.55. The molecule has 3 heterocycles. The molecule has 7 aromatic rings. The fourth-order valence-corrected chi connectivity index (χ4v) is 12.3. The van der Waals surface area contributed by atoms with Gasteiger partial charge in [-0.3, -0.25) is 0 Å². The van der Waals surface area contributed by atoms with Crippen molar-refractivity contribution in [3.8, 4) is 33.4 Å². The van der Waals surface area contributed by atoms with E-state index in [1.165, 1.54) is 39.8 Å². The molecule has 0 fully saturated rings. The maximum atomic E-state index is 15.7. The molecule has 10 rings (SSSR count). The molecule has 0 aliphatic carbocycles. The molecule has 0 saturated heterocycles. The van der Waals surface area contributed by atoms with Gasteiger partial charge in [-0.15, -0.1) is 5.98 Å². The van der Waals surface area contributed by atoms with Crippen LogP contribution in [-0.4, -0.2) is 25.5 Å². The molecule has 336 valence electrons. The van der Waals surface area contributed by atoms with Crippen LogP contribution in [0, 0.1) is 11.8 Å². The van der Waals surface area contributed by atoms with Gasteiger partial charge in [-0.05, 0) is 94.1 Å². The summed E-state index contributed by atoms with van der Waals surface area (Å²) in [6.07, 6.45) is -2.15.